The molecule has 2 nitrogen and oxygen atoms in total. The van der Waals surface area contributed by atoms with Crippen molar-refractivity contribution in [3.8, 4) is 0 Å². The highest BCUT2D eigenvalue weighted by molar-refractivity contribution is 5.19. The van der Waals surface area contributed by atoms with Crippen LogP contribution in [0.2, 0.25) is 0 Å². The van der Waals surface area contributed by atoms with Crippen LogP contribution in [0.1, 0.15) is 11.3 Å². The SMILES string of the molecule is Fc1ccc(CCc2cnc[nH]2)c(F)c1. The van der Waals surface area contributed by atoms with Gasteiger partial charge in [-0.3, -0.25) is 0 Å². The van der Waals surface area contributed by atoms with Crippen LogP contribution < -0.4 is 0 Å². The molecule has 4 heteroatoms. The van der Waals surface area contributed by atoms with Gasteiger partial charge in [0, 0.05) is 18.0 Å². The van der Waals surface area contributed by atoms with E-state index in [0.717, 1.165) is 11.8 Å². The number of hydrogen-bond donors (Lipinski definition) is 1. The molecule has 0 aliphatic carbocycles. The van der Waals surface area contributed by atoms with Gasteiger partial charge in [-0.05, 0) is 24.5 Å². The molecule has 1 N–H and O–H groups in total. The van der Waals surface area contributed by atoms with E-state index in [2.05, 4.69) is 9.97 Å². The third-order valence-corrected chi connectivity index (χ3v) is 2.23. The van der Waals surface area contributed by atoms with Gasteiger partial charge in [0.05, 0.1) is 6.33 Å². The number of aromatic amines is 1. The number of hydrogen-bond acceptors (Lipinski definition) is 1. The minimum absolute atomic E-state index is 0.491. The van der Waals surface area contributed by atoms with Crippen LogP contribution in [0.5, 0.6) is 0 Å². The Kier molecular flexibility index (Phi) is 2.76. The second-order valence-corrected chi connectivity index (χ2v) is 3.31. The van der Waals surface area contributed by atoms with E-state index >= 15 is 0 Å². The zero-order valence-corrected chi connectivity index (χ0v) is 8.00. The molecule has 2 aromatic rings. The van der Waals surface area contributed by atoms with E-state index in [4.69, 9.17) is 0 Å². The second kappa shape index (κ2) is 4.21. The van der Waals surface area contributed by atoms with Crippen molar-refractivity contribution in [1.29, 1.82) is 0 Å². The maximum atomic E-state index is 13.2. The first-order valence-electron chi connectivity index (χ1n) is 4.67. The van der Waals surface area contributed by atoms with Crippen molar-refractivity contribution in [1.82, 2.24) is 9.97 Å². The number of aryl methyl sites for hydroxylation is 2. The van der Waals surface area contributed by atoms with Crippen molar-refractivity contribution in [2.45, 2.75) is 12.8 Å². The lowest BCUT2D eigenvalue weighted by Crippen LogP contribution is -1.95. The number of imidazole rings is 1. The van der Waals surface area contributed by atoms with E-state index in [1.165, 1.54) is 12.1 Å². The molecule has 1 aromatic heterocycles. The molecular formula is C11H10F2N2. The Bertz CT molecular complexity index is 438. The van der Waals surface area contributed by atoms with Crippen molar-refractivity contribution in [2.24, 2.45) is 0 Å². The van der Waals surface area contributed by atoms with Crippen molar-refractivity contribution in [3.63, 3.8) is 0 Å². The molecule has 15 heavy (non-hydrogen) atoms. The summed E-state index contributed by atoms with van der Waals surface area (Å²) in [4.78, 5) is 6.79. The van der Waals surface area contributed by atoms with Crippen LogP contribution in [-0.2, 0) is 12.8 Å². The molecule has 0 aliphatic heterocycles. The summed E-state index contributed by atoms with van der Waals surface area (Å²) in [5.74, 6) is -1.03. The predicted octanol–water partition coefficient (Wildman–Crippen LogP) is 2.47. The average Bonchev–Trinajstić information content (AvgIpc) is 2.69. The van der Waals surface area contributed by atoms with Gasteiger partial charge in [0.15, 0.2) is 0 Å². The first-order valence-corrected chi connectivity index (χ1v) is 4.67. The van der Waals surface area contributed by atoms with Crippen molar-refractivity contribution in [2.75, 3.05) is 0 Å². The number of H-pyrrole nitrogens is 1. The maximum Gasteiger partial charge on any atom is 0.129 e. The minimum atomic E-state index is -0.544. The standard InChI is InChI=1S/C11H10F2N2/c12-9-3-1-8(11(13)5-9)2-4-10-6-14-7-15-10/h1,3,5-7H,2,4H2,(H,14,15). The number of aromatic nitrogens is 2. The summed E-state index contributed by atoms with van der Waals surface area (Å²) in [6.45, 7) is 0. The summed E-state index contributed by atoms with van der Waals surface area (Å²) in [7, 11) is 0. The van der Waals surface area contributed by atoms with Gasteiger partial charge in [-0.25, -0.2) is 13.8 Å². The maximum absolute atomic E-state index is 13.2. The molecule has 0 amide bonds. The summed E-state index contributed by atoms with van der Waals surface area (Å²) in [6.07, 6.45) is 4.48. The first-order chi connectivity index (χ1) is 7.25. The van der Waals surface area contributed by atoms with Crippen LogP contribution in [0.3, 0.4) is 0 Å². The highest BCUT2D eigenvalue weighted by Gasteiger charge is 2.04. The van der Waals surface area contributed by atoms with E-state index in [1.807, 2.05) is 0 Å². The number of halogens is 2. The lowest BCUT2D eigenvalue weighted by molar-refractivity contribution is 0.571. The van der Waals surface area contributed by atoms with Crippen molar-refractivity contribution in [3.05, 3.63) is 53.6 Å². The highest BCUT2D eigenvalue weighted by atomic mass is 19.1. The monoisotopic (exact) mass is 208 g/mol. The quantitative estimate of drug-likeness (QED) is 0.824. The van der Waals surface area contributed by atoms with Gasteiger partial charge >= 0.3 is 0 Å². The summed E-state index contributed by atoms with van der Waals surface area (Å²) in [5.41, 5.74) is 1.46. The van der Waals surface area contributed by atoms with Gasteiger partial charge in [0.1, 0.15) is 11.6 Å². The van der Waals surface area contributed by atoms with Gasteiger partial charge in [-0.15, -0.1) is 0 Å². The third-order valence-electron chi connectivity index (χ3n) is 2.23. The van der Waals surface area contributed by atoms with E-state index < -0.39 is 11.6 Å². The Balaban J connectivity index is 2.05. The van der Waals surface area contributed by atoms with E-state index in [0.29, 0.717) is 18.4 Å². The molecule has 0 radical (unpaired) electrons. The zero-order valence-electron chi connectivity index (χ0n) is 8.00. The van der Waals surface area contributed by atoms with Crippen LogP contribution in [0, 0.1) is 11.6 Å². The molecule has 1 aromatic carbocycles. The predicted molar refractivity (Wildman–Crippen MR) is 52.4 cm³/mol. The Morgan fingerprint density at radius 3 is 2.73 bits per heavy atom. The largest absolute Gasteiger partial charge is 0.348 e. The third kappa shape index (κ3) is 2.40. The van der Waals surface area contributed by atoms with Gasteiger partial charge in [0.25, 0.3) is 0 Å². The Morgan fingerprint density at radius 1 is 1.20 bits per heavy atom. The van der Waals surface area contributed by atoms with Gasteiger partial charge in [-0.2, -0.15) is 0 Å². The van der Waals surface area contributed by atoms with Gasteiger partial charge in [0.2, 0.25) is 0 Å². The van der Waals surface area contributed by atoms with Gasteiger partial charge < -0.3 is 4.98 Å². The fourth-order valence-corrected chi connectivity index (χ4v) is 1.42. The molecule has 0 atom stereocenters. The van der Waals surface area contributed by atoms with Crippen LogP contribution >= 0.6 is 0 Å². The van der Waals surface area contributed by atoms with Crippen LogP contribution in [-0.4, -0.2) is 9.97 Å². The van der Waals surface area contributed by atoms with E-state index in [-0.39, 0.29) is 0 Å². The lowest BCUT2D eigenvalue weighted by atomic mass is 10.1. The smallest absolute Gasteiger partial charge is 0.129 e. The summed E-state index contributed by atoms with van der Waals surface area (Å²) >= 11 is 0. The molecule has 0 unspecified atom stereocenters. The van der Waals surface area contributed by atoms with Crippen LogP contribution in [0.15, 0.2) is 30.7 Å². The molecule has 0 fully saturated rings. The molecule has 2 rings (SSSR count). The number of nitrogens with zero attached hydrogens (tertiary/aromatic N) is 1. The van der Waals surface area contributed by atoms with Crippen LogP contribution in [0.4, 0.5) is 8.78 Å². The second-order valence-electron chi connectivity index (χ2n) is 3.31. The first kappa shape index (κ1) is 9.83. The van der Waals surface area contributed by atoms with Crippen molar-refractivity contribution >= 4 is 0 Å². The fourth-order valence-electron chi connectivity index (χ4n) is 1.42. The number of benzene rings is 1. The fraction of sp³-hybridized carbons (Fsp3) is 0.182. The normalized spacial score (nSPS) is 10.5. The molecule has 0 saturated carbocycles. The molecule has 78 valence electrons. The van der Waals surface area contributed by atoms with Crippen LogP contribution in [0.25, 0.3) is 0 Å². The Hall–Kier alpha value is -1.71. The van der Waals surface area contributed by atoms with E-state index in [9.17, 15) is 8.78 Å². The van der Waals surface area contributed by atoms with Crippen molar-refractivity contribution < 1.29 is 8.78 Å². The summed E-state index contributed by atoms with van der Waals surface area (Å²) in [5, 5.41) is 0. The molecule has 0 spiro atoms. The topological polar surface area (TPSA) is 28.7 Å². The Labute approximate surface area is 86.0 Å². The Morgan fingerprint density at radius 2 is 2.07 bits per heavy atom. The molecule has 1 heterocycles. The molecule has 0 aliphatic rings. The zero-order chi connectivity index (χ0) is 10.7. The average molecular weight is 208 g/mol. The van der Waals surface area contributed by atoms with Gasteiger partial charge in [-0.1, -0.05) is 6.07 Å². The summed E-state index contributed by atoms with van der Waals surface area (Å²) < 4.78 is 25.8. The molecule has 0 bridgehead atoms. The van der Waals surface area contributed by atoms with E-state index in [1.54, 1.807) is 12.5 Å². The minimum Gasteiger partial charge on any atom is -0.348 e. The lowest BCUT2D eigenvalue weighted by Gasteiger charge is -2.01. The molecular weight excluding hydrogens is 198 g/mol. The number of nitrogens with one attached hydrogen (secondary N) is 1. The summed E-state index contributed by atoms with van der Waals surface area (Å²) in [6, 6.07) is 3.65. The highest BCUT2D eigenvalue weighted by Crippen LogP contribution is 2.11. The number of rotatable bonds is 3. The molecule has 0 saturated heterocycles.